The predicted molar refractivity (Wildman–Crippen MR) is 169 cm³/mol. The van der Waals surface area contributed by atoms with Gasteiger partial charge in [-0.1, -0.05) is 26.2 Å². The lowest BCUT2D eigenvalue weighted by molar-refractivity contribution is -0.146. The molecule has 2 aliphatic heterocycles. The molecule has 9 nitrogen and oxygen atoms in total. The Morgan fingerprint density at radius 3 is 2.54 bits per heavy atom. The molecule has 7 rings (SSSR count). The smallest absolute Gasteiger partial charge is 0.434 e. The molecule has 50 heavy (non-hydrogen) atoms. The zero-order valence-corrected chi connectivity index (χ0v) is 27.7. The lowest BCUT2D eigenvalue weighted by Gasteiger charge is -2.34. The summed E-state index contributed by atoms with van der Waals surface area (Å²) in [5.41, 5.74) is -2.89. The maximum Gasteiger partial charge on any atom is 0.434 e. The summed E-state index contributed by atoms with van der Waals surface area (Å²) in [4.78, 5) is 37.3. The summed E-state index contributed by atoms with van der Waals surface area (Å²) in [5.74, 6) is -2.24. The highest BCUT2D eigenvalue weighted by atomic mass is 19.4. The van der Waals surface area contributed by atoms with Crippen LogP contribution in [0.3, 0.4) is 0 Å². The molecule has 1 aromatic heterocycles. The van der Waals surface area contributed by atoms with E-state index in [1.807, 2.05) is 13.0 Å². The van der Waals surface area contributed by atoms with E-state index < -0.39 is 59.1 Å². The number of carboxylic acids is 1. The SMILES string of the molecule is CC1CC2CC(C1)C(NC(=O)c1cnc(N3CC4(CCCCC4)c4cc(O[C@H]5CCN(CC(F)(F)F)C5)ccc43)nc1C(F)(F)F)(C(=O)O)C2. The number of anilines is 2. The minimum absolute atomic E-state index is 0.0661. The molecule has 3 saturated carbocycles. The molecule has 15 heteroatoms. The highest BCUT2D eigenvalue weighted by molar-refractivity contribution is 5.99. The van der Waals surface area contributed by atoms with Gasteiger partial charge in [0, 0.05) is 36.9 Å². The first-order chi connectivity index (χ1) is 23.6. The van der Waals surface area contributed by atoms with Crippen molar-refractivity contribution in [2.45, 2.75) is 101 Å². The molecular weight excluding hydrogens is 668 g/mol. The predicted octanol–water partition coefficient (Wildman–Crippen LogP) is 6.87. The van der Waals surface area contributed by atoms with E-state index in [0.717, 1.165) is 50.3 Å². The molecule has 0 radical (unpaired) electrons. The monoisotopic (exact) mass is 709 g/mol. The lowest BCUT2D eigenvalue weighted by atomic mass is 9.71. The lowest BCUT2D eigenvalue weighted by Crippen LogP contribution is -2.57. The summed E-state index contributed by atoms with van der Waals surface area (Å²) < 4.78 is 88.8. The molecule has 1 spiro atoms. The molecular formula is C35H41F6N5O4. The molecule has 1 aromatic carbocycles. The second-order valence-electron chi connectivity index (χ2n) is 15.2. The van der Waals surface area contributed by atoms with Crippen LogP contribution in [0.5, 0.6) is 5.75 Å². The number of amides is 1. The van der Waals surface area contributed by atoms with Crippen LogP contribution in [-0.2, 0) is 16.4 Å². The van der Waals surface area contributed by atoms with Gasteiger partial charge in [-0.15, -0.1) is 0 Å². The number of hydrogen-bond donors (Lipinski definition) is 2. The van der Waals surface area contributed by atoms with Gasteiger partial charge in [-0.05, 0) is 86.5 Å². The molecule has 2 aromatic rings. The Morgan fingerprint density at radius 1 is 1.08 bits per heavy atom. The fourth-order valence-corrected chi connectivity index (χ4v) is 9.60. The number of rotatable bonds is 7. The van der Waals surface area contributed by atoms with E-state index in [1.165, 1.54) is 4.90 Å². The van der Waals surface area contributed by atoms with E-state index >= 15 is 0 Å². The van der Waals surface area contributed by atoms with E-state index in [9.17, 15) is 41.0 Å². The minimum atomic E-state index is -5.04. The summed E-state index contributed by atoms with van der Waals surface area (Å²) in [6, 6.07) is 5.24. The number of nitrogens with zero attached hydrogens (tertiary/aromatic N) is 4. The number of carbonyl (C=O) groups is 2. The van der Waals surface area contributed by atoms with Crippen molar-refractivity contribution in [3.05, 3.63) is 41.2 Å². The van der Waals surface area contributed by atoms with Crippen molar-refractivity contribution < 1.29 is 45.8 Å². The number of likely N-dealkylation sites (tertiary alicyclic amines) is 1. The zero-order chi connectivity index (χ0) is 35.6. The third-order valence-electron chi connectivity index (χ3n) is 11.6. The average Bonchev–Trinajstić information content (AvgIpc) is 3.68. The van der Waals surface area contributed by atoms with Crippen molar-refractivity contribution in [1.82, 2.24) is 20.2 Å². The van der Waals surface area contributed by atoms with Crippen LogP contribution in [0.15, 0.2) is 24.4 Å². The Bertz CT molecular complexity index is 1650. The third kappa shape index (κ3) is 6.50. The third-order valence-corrected chi connectivity index (χ3v) is 11.6. The average molecular weight is 710 g/mol. The van der Waals surface area contributed by atoms with Crippen molar-refractivity contribution in [3.63, 3.8) is 0 Å². The number of alkyl halides is 6. The highest BCUT2D eigenvalue weighted by Crippen LogP contribution is 2.53. The summed E-state index contributed by atoms with van der Waals surface area (Å²) in [6.07, 6.45) is -1.99. The first-order valence-corrected chi connectivity index (χ1v) is 17.4. The fraction of sp³-hybridized carbons (Fsp3) is 0.657. The van der Waals surface area contributed by atoms with Crippen LogP contribution in [-0.4, -0.2) is 75.8 Å². The van der Waals surface area contributed by atoms with Gasteiger partial charge in [0.25, 0.3) is 5.91 Å². The molecule has 272 valence electrons. The minimum Gasteiger partial charge on any atom is -0.489 e. The molecule has 2 N–H and O–H groups in total. The highest BCUT2D eigenvalue weighted by Gasteiger charge is 2.57. The summed E-state index contributed by atoms with van der Waals surface area (Å²) in [5, 5.41) is 12.8. The molecule has 4 unspecified atom stereocenters. The van der Waals surface area contributed by atoms with Crippen LogP contribution in [0.25, 0.3) is 0 Å². The standard InChI is InChI=1S/C35H41F6N5O4/c1-20-11-21-13-22(12-20)33(15-21,30(48)49)44-29(47)25-16-42-31(43-28(25)35(39,40)41)46-18-32(8-3-2-4-9-32)26-14-23(5-6-27(26)46)50-24-7-10-45(17-24)19-34(36,37)38/h5-6,14,16,20-22,24H,2-4,7-13,15,17-19H2,1H3,(H,44,47)(H,48,49)/t20?,21?,22?,24-,33?/m0/s1. The number of carbonyl (C=O) groups excluding carboxylic acids is 1. The van der Waals surface area contributed by atoms with E-state index in [0.29, 0.717) is 37.2 Å². The molecule has 5 atom stereocenters. The van der Waals surface area contributed by atoms with Gasteiger partial charge in [0.1, 0.15) is 17.4 Å². The second kappa shape index (κ2) is 12.6. The molecule has 1 saturated heterocycles. The van der Waals surface area contributed by atoms with Crippen LogP contribution in [0.1, 0.15) is 92.7 Å². The van der Waals surface area contributed by atoms with Crippen LogP contribution in [0, 0.1) is 17.8 Å². The van der Waals surface area contributed by atoms with Gasteiger partial charge in [0.05, 0.1) is 12.1 Å². The Kier molecular flexibility index (Phi) is 8.74. The maximum atomic E-state index is 14.6. The van der Waals surface area contributed by atoms with E-state index in [1.54, 1.807) is 17.0 Å². The zero-order valence-electron chi connectivity index (χ0n) is 27.7. The van der Waals surface area contributed by atoms with Crippen molar-refractivity contribution in [2.24, 2.45) is 17.8 Å². The topological polar surface area (TPSA) is 108 Å². The van der Waals surface area contributed by atoms with Gasteiger partial charge in [-0.2, -0.15) is 26.3 Å². The Hall–Kier alpha value is -3.62. The van der Waals surface area contributed by atoms with Gasteiger partial charge >= 0.3 is 18.3 Å². The summed E-state index contributed by atoms with van der Waals surface area (Å²) in [7, 11) is 0. The number of benzene rings is 1. The first kappa shape index (κ1) is 34.8. The number of hydrogen-bond acceptors (Lipinski definition) is 7. The Morgan fingerprint density at radius 2 is 1.84 bits per heavy atom. The van der Waals surface area contributed by atoms with Crippen molar-refractivity contribution >= 4 is 23.5 Å². The number of ether oxygens (including phenoxy) is 1. The number of aliphatic carboxylic acids is 1. The molecule has 3 heterocycles. The summed E-state index contributed by atoms with van der Waals surface area (Å²) in [6.45, 7) is 1.71. The number of nitrogens with one attached hydrogen (secondary N) is 1. The summed E-state index contributed by atoms with van der Waals surface area (Å²) >= 11 is 0. The quantitative estimate of drug-likeness (QED) is 0.300. The van der Waals surface area contributed by atoms with Crippen LogP contribution >= 0.6 is 0 Å². The van der Waals surface area contributed by atoms with Crippen molar-refractivity contribution in [2.75, 3.05) is 31.1 Å². The number of aromatic nitrogens is 2. The Labute approximate surface area is 285 Å². The van der Waals surface area contributed by atoms with Crippen LogP contribution in [0.2, 0.25) is 0 Å². The number of carboxylic acid groups (broad SMARTS) is 1. The van der Waals surface area contributed by atoms with Gasteiger partial charge < -0.3 is 20.1 Å². The number of halogens is 6. The van der Waals surface area contributed by atoms with Gasteiger partial charge in [-0.25, -0.2) is 14.8 Å². The van der Waals surface area contributed by atoms with E-state index in [4.69, 9.17) is 4.74 Å². The normalized spacial score (nSPS) is 29.3. The van der Waals surface area contributed by atoms with Gasteiger partial charge in [0.15, 0.2) is 5.69 Å². The van der Waals surface area contributed by atoms with E-state index in [2.05, 4.69) is 15.3 Å². The first-order valence-electron chi connectivity index (χ1n) is 17.4. The maximum absolute atomic E-state index is 14.6. The second-order valence-corrected chi connectivity index (χ2v) is 15.2. The van der Waals surface area contributed by atoms with Gasteiger partial charge in [-0.3, -0.25) is 9.69 Å². The van der Waals surface area contributed by atoms with Crippen LogP contribution < -0.4 is 15.0 Å². The largest absolute Gasteiger partial charge is 0.489 e. The molecule has 5 aliphatic rings. The Balaban J connectivity index is 1.17. The fourth-order valence-electron chi connectivity index (χ4n) is 9.60. The molecule has 3 aliphatic carbocycles. The van der Waals surface area contributed by atoms with Crippen molar-refractivity contribution in [3.8, 4) is 5.75 Å². The van der Waals surface area contributed by atoms with Crippen molar-refractivity contribution in [1.29, 1.82) is 0 Å². The molecule has 4 fully saturated rings. The molecule has 2 bridgehead atoms. The van der Waals surface area contributed by atoms with E-state index in [-0.39, 0.29) is 43.2 Å². The van der Waals surface area contributed by atoms with Crippen LogP contribution in [0.4, 0.5) is 38.0 Å². The van der Waals surface area contributed by atoms with Gasteiger partial charge in [0.2, 0.25) is 5.95 Å². The number of fused-ring (bicyclic) bond motifs is 4. The molecule has 1 amide bonds.